The smallest absolute Gasteiger partial charge is 0.210 e. The van der Waals surface area contributed by atoms with Crippen LogP contribution >= 0.6 is 34.4 Å². The molecule has 166 valence electrons. The van der Waals surface area contributed by atoms with Gasteiger partial charge in [0.05, 0.1) is 19.8 Å². The topological polar surface area (TPSA) is 76.1 Å². The van der Waals surface area contributed by atoms with Crippen molar-refractivity contribution < 1.29 is 9.13 Å². The molecule has 5 rings (SSSR count). The SMILES string of the molecule is Cc1sc2nc(CN3CCOCC3)nc(Sc3nnc(Nc4ccc(F)cc4)s3)c2c1C. The summed E-state index contributed by atoms with van der Waals surface area (Å²) in [5.74, 6) is 0.545. The molecular weight excluding hydrogens is 467 g/mol. The average Bonchev–Trinajstić information content (AvgIpc) is 3.34. The van der Waals surface area contributed by atoms with E-state index in [4.69, 9.17) is 14.7 Å². The molecule has 4 heterocycles. The average molecular weight is 489 g/mol. The van der Waals surface area contributed by atoms with Gasteiger partial charge in [0, 0.05) is 29.0 Å². The van der Waals surface area contributed by atoms with Crippen LogP contribution in [0.5, 0.6) is 0 Å². The second-order valence-electron chi connectivity index (χ2n) is 7.40. The molecule has 1 aliphatic rings. The van der Waals surface area contributed by atoms with Crippen molar-refractivity contribution in [3.63, 3.8) is 0 Å². The summed E-state index contributed by atoms with van der Waals surface area (Å²) < 4.78 is 19.4. The lowest BCUT2D eigenvalue weighted by atomic mass is 10.2. The molecular formula is C21H21FN6OS3. The summed E-state index contributed by atoms with van der Waals surface area (Å²) in [4.78, 5) is 14.4. The first kappa shape index (κ1) is 21.7. The van der Waals surface area contributed by atoms with Crippen molar-refractivity contribution in [2.24, 2.45) is 0 Å². The van der Waals surface area contributed by atoms with Crippen molar-refractivity contribution in [1.82, 2.24) is 25.1 Å². The van der Waals surface area contributed by atoms with E-state index in [0.717, 1.165) is 57.4 Å². The van der Waals surface area contributed by atoms with E-state index in [1.807, 2.05) is 0 Å². The largest absolute Gasteiger partial charge is 0.379 e. The Hall–Kier alpha value is -2.18. The number of halogens is 1. The number of nitrogens with one attached hydrogen (secondary N) is 1. The number of aryl methyl sites for hydroxylation is 2. The minimum absolute atomic E-state index is 0.272. The summed E-state index contributed by atoms with van der Waals surface area (Å²) in [5, 5.41) is 14.4. The van der Waals surface area contributed by atoms with Gasteiger partial charge in [-0.25, -0.2) is 14.4 Å². The molecule has 0 spiro atoms. The number of morpholine rings is 1. The molecule has 1 aliphatic heterocycles. The zero-order chi connectivity index (χ0) is 22.1. The Morgan fingerprint density at radius 3 is 2.66 bits per heavy atom. The Balaban J connectivity index is 1.41. The first-order valence-corrected chi connectivity index (χ1v) is 12.6. The third kappa shape index (κ3) is 4.76. The number of hydrogen-bond acceptors (Lipinski definition) is 10. The molecule has 7 nitrogen and oxygen atoms in total. The number of aromatic nitrogens is 4. The molecule has 0 bridgehead atoms. The van der Waals surface area contributed by atoms with Crippen molar-refractivity contribution >= 4 is 55.5 Å². The number of hydrogen-bond donors (Lipinski definition) is 1. The van der Waals surface area contributed by atoms with E-state index < -0.39 is 0 Å². The van der Waals surface area contributed by atoms with Gasteiger partial charge in [-0.1, -0.05) is 11.3 Å². The van der Waals surface area contributed by atoms with E-state index in [0.29, 0.717) is 11.7 Å². The third-order valence-electron chi connectivity index (χ3n) is 5.20. The van der Waals surface area contributed by atoms with Crippen LogP contribution in [0.15, 0.2) is 33.6 Å². The highest BCUT2D eigenvalue weighted by molar-refractivity contribution is 8.01. The highest BCUT2D eigenvalue weighted by atomic mass is 32.2. The maximum Gasteiger partial charge on any atom is 0.210 e. The number of benzene rings is 1. The minimum Gasteiger partial charge on any atom is -0.379 e. The second kappa shape index (κ2) is 9.36. The predicted octanol–water partition coefficient (Wildman–Crippen LogP) is 5.03. The van der Waals surface area contributed by atoms with E-state index in [9.17, 15) is 4.39 Å². The molecule has 3 aromatic heterocycles. The van der Waals surface area contributed by atoms with Crippen LogP contribution in [0.1, 0.15) is 16.3 Å². The Morgan fingerprint density at radius 2 is 1.88 bits per heavy atom. The predicted molar refractivity (Wildman–Crippen MR) is 127 cm³/mol. The van der Waals surface area contributed by atoms with Gasteiger partial charge >= 0.3 is 0 Å². The fourth-order valence-corrected chi connectivity index (χ4v) is 6.40. The first-order chi connectivity index (χ1) is 15.5. The minimum atomic E-state index is -0.272. The molecule has 0 radical (unpaired) electrons. The van der Waals surface area contributed by atoms with Crippen LogP contribution in [-0.2, 0) is 11.3 Å². The molecule has 0 atom stereocenters. The van der Waals surface area contributed by atoms with Gasteiger partial charge in [-0.2, -0.15) is 0 Å². The highest BCUT2D eigenvalue weighted by Crippen LogP contribution is 2.39. The van der Waals surface area contributed by atoms with Gasteiger partial charge in [0.2, 0.25) is 5.13 Å². The Kier molecular flexibility index (Phi) is 6.33. The highest BCUT2D eigenvalue weighted by Gasteiger charge is 2.19. The van der Waals surface area contributed by atoms with Crippen molar-refractivity contribution in [2.45, 2.75) is 29.8 Å². The van der Waals surface area contributed by atoms with Gasteiger partial charge in [0.15, 0.2) is 4.34 Å². The zero-order valence-corrected chi connectivity index (χ0v) is 20.0. The van der Waals surface area contributed by atoms with Crippen molar-refractivity contribution in [3.05, 3.63) is 46.3 Å². The van der Waals surface area contributed by atoms with Gasteiger partial charge in [0.1, 0.15) is 21.5 Å². The molecule has 1 aromatic carbocycles. The molecule has 32 heavy (non-hydrogen) atoms. The molecule has 1 saturated heterocycles. The number of fused-ring (bicyclic) bond motifs is 1. The van der Waals surface area contributed by atoms with Crippen LogP contribution in [0.2, 0.25) is 0 Å². The van der Waals surface area contributed by atoms with Crippen molar-refractivity contribution in [1.29, 1.82) is 0 Å². The fourth-order valence-electron chi connectivity index (χ4n) is 3.40. The van der Waals surface area contributed by atoms with Crippen LogP contribution in [0.3, 0.4) is 0 Å². The van der Waals surface area contributed by atoms with Gasteiger partial charge in [-0.05, 0) is 55.4 Å². The number of ether oxygens (including phenoxy) is 1. The van der Waals surface area contributed by atoms with Crippen LogP contribution < -0.4 is 5.32 Å². The summed E-state index contributed by atoms with van der Waals surface area (Å²) in [6.45, 7) is 8.21. The lowest BCUT2D eigenvalue weighted by molar-refractivity contribution is 0.0330. The van der Waals surface area contributed by atoms with Crippen LogP contribution in [0.25, 0.3) is 10.2 Å². The van der Waals surface area contributed by atoms with E-state index in [-0.39, 0.29) is 5.82 Å². The van der Waals surface area contributed by atoms with E-state index in [1.165, 1.54) is 45.7 Å². The zero-order valence-electron chi connectivity index (χ0n) is 17.6. The molecule has 0 aliphatic carbocycles. The standard InChI is InChI=1S/C21H21FN6OS3/c1-12-13(2)30-18-17(12)19(25-16(24-18)11-28-7-9-29-10-8-28)31-21-27-26-20(32-21)23-15-5-3-14(22)4-6-15/h3-6H,7-11H2,1-2H3,(H,23,26). The van der Waals surface area contributed by atoms with Crippen molar-refractivity contribution in [3.8, 4) is 0 Å². The van der Waals surface area contributed by atoms with Gasteiger partial charge in [-0.3, -0.25) is 4.90 Å². The van der Waals surface area contributed by atoms with E-state index >= 15 is 0 Å². The number of thiophene rings is 1. The van der Waals surface area contributed by atoms with Crippen LogP contribution in [-0.4, -0.2) is 51.4 Å². The maximum atomic E-state index is 13.1. The number of nitrogens with zero attached hydrogens (tertiary/aromatic N) is 5. The Bertz CT molecular complexity index is 1240. The molecule has 0 unspecified atom stereocenters. The van der Waals surface area contributed by atoms with E-state index in [1.54, 1.807) is 23.5 Å². The summed E-state index contributed by atoms with van der Waals surface area (Å²) in [6.07, 6.45) is 0. The Labute approximate surface area is 197 Å². The summed E-state index contributed by atoms with van der Waals surface area (Å²) in [6, 6.07) is 6.17. The second-order valence-corrected chi connectivity index (χ2v) is 10.8. The molecule has 4 aromatic rings. The van der Waals surface area contributed by atoms with Crippen molar-refractivity contribution in [2.75, 3.05) is 31.6 Å². The molecule has 1 N–H and O–H groups in total. The van der Waals surface area contributed by atoms with Crippen LogP contribution in [0.4, 0.5) is 15.2 Å². The monoisotopic (exact) mass is 488 g/mol. The Morgan fingerprint density at radius 1 is 1.09 bits per heavy atom. The van der Waals surface area contributed by atoms with E-state index in [2.05, 4.69) is 34.3 Å². The van der Waals surface area contributed by atoms with Gasteiger partial charge in [-0.15, -0.1) is 21.5 Å². The molecule has 1 fully saturated rings. The molecule has 11 heteroatoms. The van der Waals surface area contributed by atoms with Gasteiger partial charge in [0.25, 0.3) is 0 Å². The fraction of sp³-hybridized carbons (Fsp3) is 0.333. The number of anilines is 2. The third-order valence-corrected chi connectivity index (χ3v) is 8.18. The lowest BCUT2D eigenvalue weighted by Gasteiger charge is -2.25. The summed E-state index contributed by atoms with van der Waals surface area (Å²) in [7, 11) is 0. The lowest BCUT2D eigenvalue weighted by Crippen LogP contribution is -2.36. The summed E-state index contributed by atoms with van der Waals surface area (Å²) in [5.41, 5.74) is 1.97. The number of rotatable bonds is 6. The first-order valence-electron chi connectivity index (χ1n) is 10.2. The maximum absolute atomic E-state index is 13.1. The van der Waals surface area contributed by atoms with Gasteiger partial charge < -0.3 is 10.1 Å². The molecule has 0 saturated carbocycles. The summed E-state index contributed by atoms with van der Waals surface area (Å²) >= 11 is 4.66. The normalized spacial score (nSPS) is 14.8. The van der Waals surface area contributed by atoms with Crippen LogP contribution in [0, 0.1) is 19.7 Å². The quantitative estimate of drug-likeness (QED) is 0.379. The molecule has 0 amide bonds.